The van der Waals surface area contributed by atoms with Crippen LogP contribution >= 0.6 is 33.9 Å². The molecule has 0 aliphatic carbocycles. The van der Waals surface area contributed by atoms with Gasteiger partial charge in [-0.15, -0.1) is 11.3 Å². The van der Waals surface area contributed by atoms with E-state index in [2.05, 4.69) is 4.98 Å². The smallest absolute Gasteiger partial charge is 0.155 e. The topological polar surface area (TPSA) is 12.9 Å². The molecule has 0 saturated carbocycles. The predicted molar refractivity (Wildman–Crippen MR) is 52.3 cm³/mol. The number of hydrogen-bond donors (Lipinski definition) is 0. The molecule has 0 aliphatic heterocycles. The summed E-state index contributed by atoms with van der Waals surface area (Å²) in [5, 5.41) is 0. The maximum Gasteiger partial charge on any atom is 0.155 e. The first kappa shape index (κ1) is 8.31. The quantitative estimate of drug-likeness (QED) is 0.681. The second kappa shape index (κ2) is 2.88. The molecule has 0 atom stereocenters. The fraction of sp³-hybridized carbons (Fsp3) is 0. The second-order valence-corrected chi connectivity index (χ2v) is 4.99. The van der Waals surface area contributed by atoms with Crippen LogP contribution in [0.25, 0.3) is 10.2 Å². The Kier molecular flexibility index (Phi) is 1.99. The lowest BCUT2D eigenvalue weighted by Gasteiger charge is -1.89. The Labute approximate surface area is 84.6 Å². The molecule has 0 N–H and O–H groups in total. The molecule has 1 heterocycles. The highest BCUT2D eigenvalue weighted by Gasteiger charge is 2.08. The average molecular weight is 297 g/mol. The standard InChI is InChI=1S/C7H2F2INS/c8-3-1-4(9)6-5(2-3)12-7(10)11-6/h1-2H. The molecule has 1 nitrogen and oxygen atoms in total. The van der Waals surface area contributed by atoms with Crippen molar-refractivity contribution in [3.8, 4) is 0 Å². The lowest BCUT2D eigenvalue weighted by Crippen LogP contribution is -1.80. The normalized spacial score (nSPS) is 10.9. The third-order valence-electron chi connectivity index (χ3n) is 1.39. The summed E-state index contributed by atoms with van der Waals surface area (Å²) in [5.74, 6) is -1.15. The van der Waals surface area contributed by atoms with E-state index in [-0.39, 0.29) is 5.52 Å². The first-order chi connectivity index (χ1) is 5.66. The van der Waals surface area contributed by atoms with Crippen molar-refractivity contribution in [2.45, 2.75) is 0 Å². The molecule has 0 unspecified atom stereocenters. The lowest BCUT2D eigenvalue weighted by molar-refractivity contribution is 0.591. The molecule has 0 spiro atoms. The van der Waals surface area contributed by atoms with Gasteiger partial charge in [0.15, 0.2) is 8.83 Å². The molecular formula is C7H2F2INS. The summed E-state index contributed by atoms with van der Waals surface area (Å²) in [6, 6.07) is 2.14. The van der Waals surface area contributed by atoms with Crippen LogP contribution in [0.3, 0.4) is 0 Å². The molecule has 12 heavy (non-hydrogen) atoms. The van der Waals surface area contributed by atoms with Gasteiger partial charge in [0, 0.05) is 6.07 Å². The van der Waals surface area contributed by atoms with Crippen LogP contribution in [0.5, 0.6) is 0 Å². The Balaban J connectivity index is 2.88. The van der Waals surface area contributed by atoms with Crippen molar-refractivity contribution in [2.24, 2.45) is 0 Å². The van der Waals surface area contributed by atoms with Crippen LogP contribution in [-0.2, 0) is 0 Å². The number of nitrogens with zero attached hydrogens (tertiary/aromatic N) is 1. The van der Waals surface area contributed by atoms with Crippen LogP contribution in [-0.4, -0.2) is 4.98 Å². The van der Waals surface area contributed by atoms with E-state index in [0.29, 0.717) is 7.71 Å². The number of hydrogen-bond acceptors (Lipinski definition) is 2. The van der Waals surface area contributed by atoms with Crippen molar-refractivity contribution >= 4 is 44.1 Å². The molecule has 0 radical (unpaired) electrons. The number of halogens is 3. The minimum absolute atomic E-state index is 0.255. The molecule has 62 valence electrons. The molecule has 2 aromatic rings. The summed E-state index contributed by atoms with van der Waals surface area (Å²) in [5.41, 5.74) is 0.255. The van der Waals surface area contributed by atoms with Crippen molar-refractivity contribution in [3.05, 3.63) is 26.8 Å². The van der Waals surface area contributed by atoms with E-state index in [4.69, 9.17) is 0 Å². The van der Waals surface area contributed by atoms with Gasteiger partial charge in [0.25, 0.3) is 0 Å². The van der Waals surface area contributed by atoms with Crippen molar-refractivity contribution in [1.82, 2.24) is 4.98 Å². The van der Waals surface area contributed by atoms with Crippen LogP contribution in [0.15, 0.2) is 12.1 Å². The number of thiazole rings is 1. The highest BCUT2D eigenvalue weighted by Crippen LogP contribution is 2.26. The third kappa shape index (κ3) is 1.31. The Morgan fingerprint density at radius 3 is 2.83 bits per heavy atom. The summed E-state index contributed by atoms with van der Waals surface area (Å²) in [7, 11) is 0. The zero-order valence-corrected chi connectivity index (χ0v) is 8.62. The highest BCUT2D eigenvalue weighted by atomic mass is 127. The van der Waals surface area contributed by atoms with Gasteiger partial charge in [-0.25, -0.2) is 13.8 Å². The molecular weight excluding hydrogens is 295 g/mol. The van der Waals surface area contributed by atoms with Crippen LogP contribution in [0.2, 0.25) is 0 Å². The Hall–Kier alpha value is -0.300. The Bertz CT molecular complexity index is 440. The first-order valence-corrected chi connectivity index (χ1v) is 4.97. The minimum atomic E-state index is -0.593. The number of rotatable bonds is 0. The molecule has 0 bridgehead atoms. The lowest BCUT2D eigenvalue weighted by atomic mass is 10.3. The zero-order chi connectivity index (χ0) is 8.72. The van der Waals surface area contributed by atoms with E-state index in [1.54, 1.807) is 0 Å². The van der Waals surface area contributed by atoms with E-state index >= 15 is 0 Å². The van der Waals surface area contributed by atoms with Gasteiger partial charge in [0.1, 0.15) is 11.3 Å². The molecule has 1 aromatic heterocycles. The average Bonchev–Trinajstić information content (AvgIpc) is 2.29. The second-order valence-electron chi connectivity index (χ2n) is 2.20. The molecule has 5 heteroatoms. The van der Waals surface area contributed by atoms with E-state index in [1.165, 1.54) is 17.4 Å². The minimum Gasteiger partial charge on any atom is -0.227 e. The van der Waals surface area contributed by atoms with E-state index in [0.717, 1.165) is 6.07 Å². The van der Waals surface area contributed by atoms with Gasteiger partial charge in [-0.1, -0.05) is 0 Å². The fourth-order valence-corrected chi connectivity index (χ4v) is 2.61. The summed E-state index contributed by atoms with van der Waals surface area (Å²) in [4.78, 5) is 3.92. The summed E-state index contributed by atoms with van der Waals surface area (Å²) < 4.78 is 26.9. The SMILES string of the molecule is Fc1cc(F)c2nc(I)sc2c1. The number of fused-ring (bicyclic) bond motifs is 1. The summed E-state index contributed by atoms with van der Waals surface area (Å²) in [6.45, 7) is 0. The number of aromatic nitrogens is 1. The van der Waals surface area contributed by atoms with Crippen LogP contribution in [0, 0.1) is 14.6 Å². The highest BCUT2D eigenvalue weighted by molar-refractivity contribution is 14.1. The molecule has 0 saturated heterocycles. The van der Waals surface area contributed by atoms with Crippen LogP contribution < -0.4 is 0 Å². The van der Waals surface area contributed by atoms with Gasteiger partial charge >= 0.3 is 0 Å². The molecule has 2 rings (SSSR count). The van der Waals surface area contributed by atoms with Crippen LogP contribution in [0.1, 0.15) is 0 Å². The monoisotopic (exact) mass is 297 g/mol. The van der Waals surface area contributed by atoms with Crippen molar-refractivity contribution in [3.63, 3.8) is 0 Å². The van der Waals surface area contributed by atoms with E-state index in [9.17, 15) is 8.78 Å². The summed E-state index contributed by atoms with van der Waals surface area (Å²) in [6.07, 6.45) is 0. The molecule has 1 aromatic carbocycles. The summed E-state index contributed by atoms with van der Waals surface area (Å²) >= 11 is 3.26. The predicted octanol–water partition coefficient (Wildman–Crippen LogP) is 3.18. The molecule has 0 fully saturated rings. The number of benzene rings is 1. The van der Waals surface area contributed by atoms with Gasteiger partial charge in [-0.05, 0) is 28.7 Å². The van der Waals surface area contributed by atoms with Crippen molar-refractivity contribution in [2.75, 3.05) is 0 Å². The molecule has 0 amide bonds. The Morgan fingerprint density at radius 1 is 1.33 bits per heavy atom. The van der Waals surface area contributed by atoms with Gasteiger partial charge in [0.05, 0.1) is 4.70 Å². The van der Waals surface area contributed by atoms with E-state index < -0.39 is 11.6 Å². The zero-order valence-electron chi connectivity index (χ0n) is 5.64. The maximum absolute atomic E-state index is 13.0. The largest absolute Gasteiger partial charge is 0.227 e. The van der Waals surface area contributed by atoms with Gasteiger partial charge < -0.3 is 0 Å². The van der Waals surface area contributed by atoms with Crippen molar-refractivity contribution in [1.29, 1.82) is 0 Å². The van der Waals surface area contributed by atoms with Gasteiger partial charge in [-0.3, -0.25) is 0 Å². The van der Waals surface area contributed by atoms with Crippen LogP contribution in [0.4, 0.5) is 8.78 Å². The molecule has 0 aliphatic rings. The Morgan fingerprint density at radius 2 is 2.08 bits per heavy atom. The van der Waals surface area contributed by atoms with Crippen molar-refractivity contribution < 1.29 is 8.78 Å². The fourth-order valence-electron chi connectivity index (χ4n) is 0.930. The first-order valence-electron chi connectivity index (χ1n) is 3.08. The van der Waals surface area contributed by atoms with E-state index in [1.807, 2.05) is 22.6 Å². The maximum atomic E-state index is 13.0. The third-order valence-corrected chi connectivity index (χ3v) is 3.08. The van der Waals surface area contributed by atoms with Gasteiger partial charge in [-0.2, -0.15) is 0 Å². The van der Waals surface area contributed by atoms with Gasteiger partial charge in [0.2, 0.25) is 0 Å².